The zero-order chi connectivity index (χ0) is 29.0. The molecule has 0 saturated heterocycles. The van der Waals surface area contributed by atoms with E-state index in [0.717, 1.165) is 11.1 Å². The summed E-state index contributed by atoms with van der Waals surface area (Å²) in [7, 11) is -1.30. The number of para-hydroxylation sites is 1. The second kappa shape index (κ2) is 12.0. The Morgan fingerprint density at radius 3 is 2.30 bits per heavy atom. The molecule has 11 nitrogen and oxygen atoms in total. The summed E-state index contributed by atoms with van der Waals surface area (Å²) in [6.45, 7) is 1.95. The number of sulfone groups is 1. The Kier molecular flexibility index (Phi) is 8.69. The minimum Gasteiger partial charge on any atom is -0.494 e. The van der Waals surface area contributed by atoms with Gasteiger partial charge in [-0.05, 0) is 50.1 Å². The van der Waals surface area contributed by atoms with E-state index in [1.807, 2.05) is 13.8 Å². The Hall–Kier alpha value is -4.04. The number of methoxy groups -OCH3 is 2. The van der Waals surface area contributed by atoms with Crippen molar-refractivity contribution in [3.05, 3.63) is 71.8 Å². The molecule has 4 aromatic rings. The van der Waals surface area contributed by atoms with Crippen molar-refractivity contribution in [1.29, 1.82) is 0 Å². The Bertz CT molecular complexity index is 1580. The molecule has 0 fully saturated rings. The van der Waals surface area contributed by atoms with Gasteiger partial charge in [0.25, 0.3) is 0 Å². The van der Waals surface area contributed by atoms with Crippen LogP contribution in [-0.2, 0) is 20.3 Å². The topological polar surface area (TPSA) is 131 Å². The number of benzene rings is 1. The molecular weight excluding hydrogens is 546 g/mol. The van der Waals surface area contributed by atoms with Gasteiger partial charge in [0.05, 0.1) is 12.4 Å². The summed E-state index contributed by atoms with van der Waals surface area (Å²) in [5.41, 5.74) is 2.08. The number of halogens is 2. The number of aromatic nitrogens is 6. The van der Waals surface area contributed by atoms with Crippen molar-refractivity contribution in [3.8, 4) is 28.6 Å². The normalized spacial score (nSPS) is 13.3. The summed E-state index contributed by atoms with van der Waals surface area (Å²) in [5, 5.41) is 7.29. The van der Waals surface area contributed by atoms with Gasteiger partial charge in [-0.2, -0.15) is 8.78 Å². The van der Waals surface area contributed by atoms with Crippen LogP contribution in [-0.4, -0.2) is 64.2 Å². The first-order valence-electron chi connectivity index (χ1n) is 12.1. The van der Waals surface area contributed by atoms with E-state index < -0.39 is 33.6 Å². The number of hydrogen-bond acceptors (Lipinski definition) is 10. The third-order valence-electron chi connectivity index (χ3n) is 6.12. The molecule has 0 amide bonds. The average molecular weight is 575 g/mol. The van der Waals surface area contributed by atoms with Crippen molar-refractivity contribution in [2.24, 2.45) is 0 Å². The van der Waals surface area contributed by atoms with E-state index in [4.69, 9.17) is 14.2 Å². The largest absolute Gasteiger partial charge is 0.494 e. The van der Waals surface area contributed by atoms with Crippen molar-refractivity contribution in [2.75, 3.05) is 14.2 Å². The van der Waals surface area contributed by atoms with Crippen LogP contribution in [0.25, 0.3) is 17.1 Å². The fourth-order valence-electron chi connectivity index (χ4n) is 4.14. The van der Waals surface area contributed by atoms with Crippen LogP contribution in [0.3, 0.4) is 0 Å². The quantitative estimate of drug-likeness (QED) is 0.259. The lowest BCUT2D eigenvalue weighted by molar-refractivity contribution is -0.0499. The molecule has 0 saturated carbocycles. The Morgan fingerprint density at radius 1 is 0.975 bits per heavy atom. The van der Waals surface area contributed by atoms with Gasteiger partial charge < -0.3 is 14.2 Å². The van der Waals surface area contributed by atoms with Crippen LogP contribution in [0, 0.1) is 13.8 Å². The summed E-state index contributed by atoms with van der Waals surface area (Å²) >= 11 is 0. The van der Waals surface area contributed by atoms with Gasteiger partial charge in [0.1, 0.15) is 23.3 Å². The zero-order valence-corrected chi connectivity index (χ0v) is 23.3. The van der Waals surface area contributed by atoms with Gasteiger partial charge in [-0.15, -0.1) is 10.2 Å². The first kappa shape index (κ1) is 29.0. The number of ether oxygens (including phenoxy) is 3. The first-order valence-corrected chi connectivity index (χ1v) is 13.8. The number of alkyl halides is 2. The summed E-state index contributed by atoms with van der Waals surface area (Å²) in [4.78, 5) is 12.6. The molecule has 40 heavy (non-hydrogen) atoms. The standard InChI is InChI=1S/C26H28F2N6O5S/c1-15-9-18(13-29-10-15)25-33-32-21(34(25)22-19(37-4)7-6-8-20(22)39-26(27)28)14-40(35,36)17(3)23(38-5)24-30-11-16(2)12-31-24/h6-13,17,23,26H,14H2,1-5H3/t17-,23-/m0/s1. The number of pyridine rings is 1. The highest BCUT2D eigenvalue weighted by molar-refractivity contribution is 7.91. The highest BCUT2D eigenvalue weighted by Gasteiger charge is 2.35. The lowest BCUT2D eigenvalue weighted by atomic mass is 10.2. The molecule has 0 spiro atoms. The average Bonchev–Trinajstić information content (AvgIpc) is 3.31. The SMILES string of the molecule is COc1cccc(OC(F)F)c1-n1c(CS(=O)(=O)[C@@H](C)[C@H](OC)c2ncc(C)cn2)nnc1-c1cncc(C)c1. The summed E-state index contributed by atoms with van der Waals surface area (Å²) < 4.78 is 71.3. The van der Waals surface area contributed by atoms with E-state index in [9.17, 15) is 17.2 Å². The van der Waals surface area contributed by atoms with E-state index in [1.165, 1.54) is 50.1 Å². The lowest BCUT2D eigenvalue weighted by Crippen LogP contribution is -2.30. The van der Waals surface area contributed by atoms with Crippen LogP contribution in [0.4, 0.5) is 8.78 Å². The van der Waals surface area contributed by atoms with E-state index >= 15 is 0 Å². The van der Waals surface area contributed by atoms with Gasteiger partial charge in [0.2, 0.25) is 0 Å². The van der Waals surface area contributed by atoms with Gasteiger partial charge in [0.15, 0.2) is 33.1 Å². The van der Waals surface area contributed by atoms with Crippen molar-refractivity contribution in [1.82, 2.24) is 29.7 Å². The molecule has 0 unspecified atom stereocenters. The van der Waals surface area contributed by atoms with E-state index in [1.54, 1.807) is 24.7 Å². The number of nitrogens with zero attached hydrogens (tertiary/aromatic N) is 6. The predicted molar refractivity (Wildman–Crippen MR) is 141 cm³/mol. The highest BCUT2D eigenvalue weighted by Crippen LogP contribution is 2.38. The fraction of sp³-hybridized carbons (Fsp3) is 0.346. The molecule has 3 aromatic heterocycles. The number of aryl methyl sites for hydroxylation is 2. The van der Waals surface area contributed by atoms with Crippen LogP contribution in [0.1, 0.15) is 35.8 Å². The van der Waals surface area contributed by atoms with E-state index in [-0.39, 0.29) is 34.7 Å². The molecule has 0 radical (unpaired) electrons. The third kappa shape index (κ3) is 6.07. The Labute approximate surface area is 230 Å². The van der Waals surface area contributed by atoms with Gasteiger partial charge >= 0.3 is 6.61 Å². The maximum Gasteiger partial charge on any atom is 0.387 e. The van der Waals surface area contributed by atoms with Crippen molar-refractivity contribution in [3.63, 3.8) is 0 Å². The minimum atomic E-state index is -4.02. The Morgan fingerprint density at radius 2 is 1.68 bits per heavy atom. The molecule has 14 heteroatoms. The van der Waals surface area contributed by atoms with Crippen molar-refractivity contribution >= 4 is 9.84 Å². The monoisotopic (exact) mass is 574 g/mol. The van der Waals surface area contributed by atoms with Crippen molar-refractivity contribution < 1.29 is 31.4 Å². The van der Waals surface area contributed by atoms with Gasteiger partial charge in [-0.1, -0.05) is 6.07 Å². The molecule has 212 valence electrons. The second-order valence-corrected chi connectivity index (χ2v) is 11.4. The van der Waals surface area contributed by atoms with Crippen LogP contribution in [0.2, 0.25) is 0 Å². The molecule has 0 aliphatic rings. The molecule has 1 aromatic carbocycles. The molecule has 4 rings (SSSR count). The molecule has 0 N–H and O–H groups in total. The summed E-state index contributed by atoms with van der Waals surface area (Å²) in [6.07, 6.45) is 5.29. The van der Waals surface area contributed by atoms with Crippen LogP contribution >= 0.6 is 0 Å². The maximum atomic E-state index is 13.7. The molecular formula is C26H28F2N6O5S. The van der Waals surface area contributed by atoms with Gasteiger partial charge in [-0.25, -0.2) is 18.4 Å². The summed E-state index contributed by atoms with van der Waals surface area (Å²) in [5.74, 6) is -0.456. The molecule has 2 atom stereocenters. The Balaban J connectivity index is 1.87. The first-order chi connectivity index (χ1) is 19.1. The van der Waals surface area contributed by atoms with Crippen molar-refractivity contribution in [2.45, 2.75) is 44.5 Å². The lowest BCUT2D eigenvalue weighted by Gasteiger charge is -2.22. The third-order valence-corrected chi connectivity index (χ3v) is 8.16. The van der Waals surface area contributed by atoms with Crippen LogP contribution < -0.4 is 9.47 Å². The predicted octanol–water partition coefficient (Wildman–Crippen LogP) is 4.04. The van der Waals surface area contributed by atoms with Crippen LogP contribution in [0.15, 0.2) is 49.1 Å². The molecule has 0 aliphatic heterocycles. The van der Waals surface area contributed by atoms with Crippen LogP contribution in [0.5, 0.6) is 11.5 Å². The molecule has 0 bridgehead atoms. The highest BCUT2D eigenvalue weighted by atomic mass is 32.2. The van der Waals surface area contributed by atoms with E-state index in [0.29, 0.717) is 5.56 Å². The molecule has 0 aliphatic carbocycles. The maximum absolute atomic E-state index is 13.7. The number of hydrogen-bond donors (Lipinski definition) is 0. The van der Waals surface area contributed by atoms with Gasteiger partial charge in [-0.3, -0.25) is 9.55 Å². The second-order valence-electron chi connectivity index (χ2n) is 9.00. The summed E-state index contributed by atoms with van der Waals surface area (Å²) in [6, 6.07) is 6.08. The smallest absolute Gasteiger partial charge is 0.387 e. The fourth-order valence-corrected chi connectivity index (χ4v) is 5.56. The van der Waals surface area contributed by atoms with Gasteiger partial charge in [0, 0.05) is 37.5 Å². The number of rotatable bonds is 11. The van der Waals surface area contributed by atoms with E-state index in [2.05, 4.69) is 25.1 Å². The molecule has 3 heterocycles. The minimum absolute atomic E-state index is 0.00909. The zero-order valence-electron chi connectivity index (χ0n) is 22.4.